The smallest absolute Gasteiger partial charge is 0.314 e. The lowest BCUT2D eigenvalue weighted by Gasteiger charge is -2.32. The molecule has 34 heavy (non-hydrogen) atoms. The van der Waals surface area contributed by atoms with Gasteiger partial charge in [0.2, 0.25) is 15.9 Å². The van der Waals surface area contributed by atoms with Crippen molar-refractivity contribution >= 4 is 33.6 Å². The molecule has 1 aliphatic rings. The monoisotopic (exact) mass is 491 g/mol. The van der Waals surface area contributed by atoms with Crippen LogP contribution < -0.4 is 26.4 Å². The number of rotatable bonds is 8. The molecule has 2 heterocycles. The number of nitrogens with two attached hydrogens (primary N) is 1. The van der Waals surface area contributed by atoms with E-state index in [4.69, 9.17) is 5.14 Å². The van der Waals surface area contributed by atoms with Gasteiger partial charge in [-0.15, -0.1) is 0 Å². The highest BCUT2D eigenvalue weighted by Gasteiger charge is 2.29. The summed E-state index contributed by atoms with van der Waals surface area (Å²) in [4.78, 5) is 36.8. The van der Waals surface area contributed by atoms with Crippen LogP contribution in [0.2, 0.25) is 0 Å². The van der Waals surface area contributed by atoms with E-state index in [1.807, 2.05) is 6.92 Å². The Morgan fingerprint density at radius 2 is 1.94 bits per heavy atom. The van der Waals surface area contributed by atoms with Crippen molar-refractivity contribution in [1.29, 1.82) is 0 Å². The summed E-state index contributed by atoms with van der Waals surface area (Å²) in [5.74, 6) is -1.57. The third-order valence-corrected chi connectivity index (χ3v) is 6.19. The van der Waals surface area contributed by atoms with Crippen LogP contribution in [-0.2, 0) is 30.8 Å². The number of benzene rings is 1. The maximum atomic E-state index is 12.4. The van der Waals surface area contributed by atoms with Crippen LogP contribution in [0.5, 0.6) is 0 Å². The predicted molar refractivity (Wildman–Crippen MR) is 124 cm³/mol. The molecule has 0 saturated carbocycles. The molecule has 2 aromatic rings. The van der Waals surface area contributed by atoms with E-state index >= 15 is 0 Å². The summed E-state index contributed by atoms with van der Waals surface area (Å²) in [6, 6.07) is 7.53. The van der Waals surface area contributed by atoms with Crippen LogP contribution in [0, 0.1) is 6.92 Å². The molecule has 0 aliphatic carbocycles. The van der Waals surface area contributed by atoms with Crippen LogP contribution in [0.25, 0.3) is 0 Å². The number of nitrogens with one attached hydrogen (secondary N) is 4. The standard InChI is InChI=1S/C21H29N7O5S/c1-3-4-15-12-18(29)26-21(24-15)28-17(11-13(2)27-28)25-20(31)19(30)23-10-9-14-5-7-16(8-6-14)34(22,32)33/h5-8,11,15,21,24H,3-4,9-10,12H2,1-2H3,(H,23,30)(H,25,31)(H,26,29)(H2,22,32,33). The molecule has 1 fully saturated rings. The van der Waals surface area contributed by atoms with Crippen LogP contribution in [0.3, 0.4) is 0 Å². The van der Waals surface area contributed by atoms with Crippen molar-refractivity contribution in [3.63, 3.8) is 0 Å². The first-order valence-electron chi connectivity index (χ1n) is 10.9. The average molecular weight is 492 g/mol. The van der Waals surface area contributed by atoms with Crippen molar-refractivity contribution in [2.75, 3.05) is 11.9 Å². The van der Waals surface area contributed by atoms with E-state index in [2.05, 4.69) is 26.4 Å². The number of aromatic nitrogens is 2. The van der Waals surface area contributed by atoms with Crippen molar-refractivity contribution in [2.24, 2.45) is 5.14 Å². The molecule has 0 spiro atoms. The molecule has 6 N–H and O–H groups in total. The third kappa shape index (κ3) is 6.62. The Morgan fingerprint density at radius 3 is 2.59 bits per heavy atom. The van der Waals surface area contributed by atoms with Gasteiger partial charge in [0, 0.05) is 25.1 Å². The van der Waals surface area contributed by atoms with Gasteiger partial charge < -0.3 is 16.0 Å². The zero-order valence-electron chi connectivity index (χ0n) is 19.0. The van der Waals surface area contributed by atoms with Gasteiger partial charge in [-0.2, -0.15) is 5.10 Å². The number of hydrogen-bond donors (Lipinski definition) is 5. The molecule has 12 nitrogen and oxygen atoms in total. The zero-order chi connectivity index (χ0) is 24.9. The second-order valence-electron chi connectivity index (χ2n) is 8.09. The molecule has 3 rings (SSSR count). The van der Waals surface area contributed by atoms with Gasteiger partial charge >= 0.3 is 11.8 Å². The number of carbonyl (C=O) groups is 3. The first-order chi connectivity index (χ1) is 16.1. The van der Waals surface area contributed by atoms with Gasteiger partial charge in [-0.25, -0.2) is 18.2 Å². The quantitative estimate of drug-likeness (QED) is 0.319. The molecule has 2 unspecified atom stereocenters. The van der Waals surface area contributed by atoms with Crippen LogP contribution in [0.4, 0.5) is 5.82 Å². The molecule has 3 amide bonds. The Morgan fingerprint density at radius 1 is 1.24 bits per heavy atom. The SMILES string of the molecule is CCCC1CC(=O)NC(n2nc(C)cc2NC(=O)C(=O)NCCc2ccc(S(N)(=O)=O)cc2)N1. The minimum Gasteiger partial charge on any atom is -0.347 e. The predicted octanol–water partition coefficient (Wildman–Crippen LogP) is -0.129. The van der Waals surface area contributed by atoms with Crippen molar-refractivity contribution in [1.82, 2.24) is 25.7 Å². The number of anilines is 1. The first kappa shape index (κ1) is 25.3. The fourth-order valence-corrected chi connectivity index (χ4v) is 4.17. The molecular weight excluding hydrogens is 462 g/mol. The van der Waals surface area contributed by atoms with Crippen molar-refractivity contribution in [3.05, 3.63) is 41.6 Å². The summed E-state index contributed by atoms with van der Waals surface area (Å²) in [5, 5.41) is 20.6. The Bertz CT molecular complexity index is 1160. The lowest BCUT2D eigenvalue weighted by atomic mass is 10.1. The minimum absolute atomic E-state index is 0.00349. The van der Waals surface area contributed by atoms with Gasteiger partial charge in [-0.05, 0) is 37.5 Å². The molecular formula is C21H29N7O5S. The summed E-state index contributed by atoms with van der Waals surface area (Å²) < 4.78 is 24.0. The van der Waals surface area contributed by atoms with E-state index in [9.17, 15) is 22.8 Å². The number of hydrogen-bond acceptors (Lipinski definition) is 7. The Balaban J connectivity index is 1.57. The summed E-state index contributed by atoms with van der Waals surface area (Å²) in [7, 11) is -3.77. The Hall–Kier alpha value is -3.29. The van der Waals surface area contributed by atoms with E-state index in [1.54, 1.807) is 25.1 Å². The molecule has 184 valence electrons. The molecule has 1 aromatic carbocycles. The van der Waals surface area contributed by atoms with E-state index in [1.165, 1.54) is 16.8 Å². The molecule has 1 aromatic heterocycles. The number of amides is 3. The number of carbonyl (C=O) groups excluding carboxylic acids is 3. The molecule has 1 saturated heterocycles. The van der Waals surface area contributed by atoms with E-state index < -0.39 is 28.1 Å². The van der Waals surface area contributed by atoms with Crippen molar-refractivity contribution < 1.29 is 22.8 Å². The number of aryl methyl sites for hydroxylation is 1. The second-order valence-corrected chi connectivity index (χ2v) is 9.65. The maximum Gasteiger partial charge on any atom is 0.314 e. The molecule has 13 heteroatoms. The number of nitrogens with zero attached hydrogens (tertiary/aromatic N) is 2. The van der Waals surface area contributed by atoms with Gasteiger partial charge in [0.25, 0.3) is 0 Å². The first-order valence-corrected chi connectivity index (χ1v) is 12.4. The van der Waals surface area contributed by atoms with E-state index in [0.717, 1.165) is 18.4 Å². The summed E-state index contributed by atoms with van der Waals surface area (Å²) in [5.41, 5.74) is 1.37. The summed E-state index contributed by atoms with van der Waals surface area (Å²) in [6.07, 6.45) is 1.83. The largest absolute Gasteiger partial charge is 0.347 e. The third-order valence-electron chi connectivity index (χ3n) is 5.26. The molecule has 2 atom stereocenters. The number of sulfonamides is 1. The fourth-order valence-electron chi connectivity index (χ4n) is 3.65. The van der Waals surface area contributed by atoms with Crippen LogP contribution in [-0.4, -0.2) is 48.5 Å². The Kier molecular flexibility index (Phi) is 8.02. The minimum atomic E-state index is -3.77. The van der Waals surface area contributed by atoms with Gasteiger partial charge in [0.1, 0.15) is 5.82 Å². The average Bonchev–Trinajstić information content (AvgIpc) is 3.13. The normalized spacial score (nSPS) is 18.3. The molecule has 1 aliphatic heterocycles. The van der Waals surface area contributed by atoms with Crippen LogP contribution in [0.1, 0.15) is 43.7 Å². The topological polar surface area (TPSA) is 177 Å². The summed E-state index contributed by atoms with van der Waals surface area (Å²) >= 11 is 0. The highest BCUT2D eigenvalue weighted by molar-refractivity contribution is 7.89. The van der Waals surface area contributed by atoms with Crippen LogP contribution in [0.15, 0.2) is 35.2 Å². The number of primary sulfonamides is 1. The van der Waals surface area contributed by atoms with E-state index in [-0.39, 0.29) is 29.2 Å². The molecule has 0 bridgehead atoms. The Labute approximate surface area is 197 Å². The van der Waals surface area contributed by atoms with Gasteiger partial charge in [-0.3, -0.25) is 19.7 Å². The van der Waals surface area contributed by atoms with Gasteiger partial charge in [0.15, 0.2) is 6.29 Å². The maximum absolute atomic E-state index is 12.4. The van der Waals surface area contributed by atoms with Gasteiger partial charge in [0.05, 0.1) is 10.6 Å². The van der Waals surface area contributed by atoms with E-state index in [0.29, 0.717) is 18.5 Å². The van der Waals surface area contributed by atoms with Gasteiger partial charge in [-0.1, -0.05) is 25.5 Å². The van der Waals surface area contributed by atoms with Crippen molar-refractivity contribution in [2.45, 2.75) is 56.8 Å². The lowest BCUT2D eigenvalue weighted by Crippen LogP contribution is -2.53. The highest BCUT2D eigenvalue weighted by Crippen LogP contribution is 2.18. The second kappa shape index (κ2) is 10.8. The lowest BCUT2D eigenvalue weighted by molar-refractivity contribution is -0.136. The molecule has 0 radical (unpaired) electrons. The van der Waals surface area contributed by atoms with Crippen LogP contribution >= 0.6 is 0 Å². The highest BCUT2D eigenvalue weighted by atomic mass is 32.2. The summed E-state index contributed by atoms with van der Waals surface area (Å²) in [6.45, 7) is 3.94. The van der Waals surface area contributed by atoms with Crippen molar-refractivity contribution in [3.8, 4) is 0 Å². The zero-order valence-corrected chi connectivity index (χ0v) is 19.8. The fraction of sp³-hybridized carbons (Fsp3) is 0.429.